The first kappa shape index (κ1) is 14.6. The molecule has 4 N–H and O–H groups in total. The van der Waals surface area contributed by atoms with E-state index in [0.29, 0.717) is 0 Å². The third-order valence-corrected chi connectivity index (χ3v) is 3.46. The van der Waals surface area contributed by atoms with Crippen LogP contribution in [0.1, 0.15) is 4.88 Å². The summed E-state index contributed by atoms with van der Waals surface area (Å²) >= 11 is 7.45. The van der Waals surface area contributed by atoms with Gasteiger partial charge in [-0.2, -0.15) is 0 Å². The number of carbonyl (C=O) groups is 1. The first-order chi connectivity index (χ1) is 9.60. The quantitative estimate of drug-likeness (QED) is 0.461. The van der Waals surface area contributed by atoms with E-state index in [1.807, 2.05) is 22.9 Å². The second-order valence-electron chi connectivity index (χ2n) is 3.73. The number of nitrogens with one attached hydrogen (secondary N) is 2. The topological polar surface area (TPSA) is 76.4 Å². The van der Waals surface area contributed by atoms with E-state index in [1.165, 1.54) is 11.3 Å². The van der Waals surface area contributed by atoms with Crippen LogP contribution >= 0.6 is 22.9 Å². The zero-order chi connectivity index (χ0) is 14.5. The van der Waals surface area contributed by atoms with E-state index in [2.05, 4.69) is 5.32 Å². The standard InChI is InChI=1S/C12H11ClFN3O2S/c13-9-4-7(14)5-10(16-12(18)17-15)11(9)19-6-8-2-1-3-20-8/h1-5H,6,15H2,(H2,16,17,18). The van der Waals surface area contributed by atoms with E-state index in [1.54, 1.807) is 0 Å². The van der Waals surface area contributed by atoms with E-state index >= 15 is 0 Å². The van der Waals surface area contributed by atoms with Crippen molar-refractivity contribution in [1.29, 1.82) is 0 Å². The molecule has 2 rings (SSSR count). The zero-order valence-electron chi connectivity index (χ0n) is 10.2. The number of hydrogen-bond donors (Lipinski definition) is 3. The highest BCUT2D eigenvalue weighted by Crippen LogP contribution is 2.35. The predicted molar refractivity (Wildman–Crippen MR) is 76.4 cm³/mol. The van der Waals surface area contributed by atoms with Crippen molar-refractivity contribution in [2.24, 2.45) is 5.84 Å². The van der Waals surface area contributed by atoms with Crippen LogP contribution in [-0.4, -0.2) is 6.03 Å². The molecule has 0 fully saturated rings. The molecule has 0 bridgehead atoms. The van der Waals surface area contributed by atoms with Gasteiger partial charge in [0.15, 0.2) is 5.75 Å². The first-order valence-electron chi connectivity index (χ1n) is 5.52. The molecule has 1 aromatic carbocycles. The van der Waals surface area contributed by atoms with Gasteiger partial charge in [0.25, 0.3) is 0 Å². The Morgan fingerprint density at radius 2 is 2.30 bits per heavy atom. The van der Waals surface area contributed by atoms with Gasteiger partial charge in [0.1, 0.15) is 12.4 Å². The Morgan fingerprint density at radius 1 is 1.50 bits per heavy atom. The van der Waals surface area contributed by atoms with Crippen molar-refractivity contribution in [3.05, 3.63) is 45.4 Å². The van der Waals surface area contributed by atoms with Gasteiger partial charge in [0.2, 0.25) is 0 Å². The Balaban J connectivity index is 2.22. The maximum absolute atomic E-state index is 13.3. The average molecular weight is 316 g/mol. The molecule has 1 aromatic heterocycles. The molecule has 0 aliphatic rings. The smallest absolute Gasteiger partial charge is 0.333 e. The molecule has 8 heteroatoms. The van der Waals surface area contributed by atoms with Crippen molar-refractivity contribution in [2.45, 2.75) is 6.61 Å². The SMILES string of the molecule is NNC(=O)Nc1cc(F)cc(Cl)c1OCc1cccs1. The van der Waals surface area contributed by atoms with Crippen LogP contribution < -0.4 is 21.3 Å². The molecule has 0 atom stereocenters. The van der Waals surface area contributed by atoms with Gasteiger partial charge < -0.3 is 10.1 Å². The van der Waals surface area contributed by atoms with Crippen molar-refractivity contribution in [3.63, 3.8) is 0 Å². The summed E-state index contributed by atoms with van der Waals surface area (Å²) in [4.78, 5) is 12.2. The molecular weight excluding hydrogens is 305 g/mol. The van der Waals surface area contributed by atoms with E-state index in [4.69, 9.17) is 22.2 Å². The Morgan fingerprint density at radius 3 is 2.95 bits per heavy atom. The summed E-state index contributed by atoms with van der Waals surface area (Å²) in [6.07, 6.45) is 0. The average Bonchev–Trinajstić information content (AvgIpc) is 2.90. The highest BCUT2D eigenvalue weighted by atomic mass is 35.5. The number of rotatable bonds is 4. The minimum atomic E-state index is -0.701. The minimum absolute atomic E-state index is 0.0638. The van der Waals surface area contributed by atoms with Crippen LogP contribution in [-0.2, 0) is 6.61 Å². The summed E-state index contributed by atoms with van der Waals surface area (Å²) in [5.41, 5.74) is 1.99. The van der Waals surface area contributed by atoms with E-state index in [-0.39, 0.29) is 23.1 Å². The Bertz CT molecular complexity index is 607. The molecule has 0 aliphatic heterocycles. The summed E-state index contributed by atoms with van der Waals surface area (Å²) in [6, 6.07) is 5.29. The van der Waals surface area contributed by atoms with Gasteiger partial charge in [-0.1, -0.05) is 17.7 Å². The fourth-order valence-electron chi connectivity index (χ4n) is 1.50. The van der Waals surface area contributed by atoms with Crippen LogP contribution in [0.4, 0.5) is 14.9 Å². The molecular formula is C12H11ClFN3O2S. The third kappa shape index (κ3) is 3.60. The summed E-state index contributed by atoms with van der Waals surface area (Å²) in [6.45, 7) is 0.266. The van der Waals surface area contributed by atoms with Crippen LogP contribution in [0, 0.1) is 5.82 Å². The number of ether oxygens (including phenoxy) is 1. The van der Waals surface area contributed by atoms with Crippen molar-refractivity contribution < 1.29 is 13.9 Å². The minimum Gasteiger partial charge on any atom is -0.484 e. The van der Waals surface area contributed by atoms with Gasteiger partial charge in [-0.3, -0.25) is 5.43 Å². The second-order valence-corrected chi connectivity index (χ2v) is 5.17. The number of carbonyl (C=O) groups excluding carboxylic acids is 1. The Hall–Kier alpha value is -1.83. The highest BCUT2D eigenvalue weighted by Gasteiger charge is 2.14. The number of urea groups is 1. The number of halogens is 2. The number of anilines is 1. The number of amides is 2. The Kier molecular flexibility index (Phi) is 4.78. The maximum Gasteiger partial charge on any atom is 0.333 e. The molecule has 0 unspecified atom stereocenters. The van der Waals surface area contributed by atoms with Crippen LogP contribution in [0.5, 0.6) is 5.75 Å². The van der Waals surface area contributed by atoms with Gasteiger partial charge in [-0.15, -0.1) is 11.3 Å². The number of hydrogen-bond acceptors (Lipinski definition) is 4. The highest BCUT2D eigenvalue weighted by molar-refractivity contribution is 7.09. The molecule has 106 valence electrons. The molecule has 0 saturated carbocycles. The van der Waals surface area contributed by atoms with Crippen molar-refractivity contribution in [3.8, 4) is 5.75 Å². The van der Waals surface area contributed by atoms with Gasteiger partial charge in [0.05, 0.1) is 10.7 Å². The zero-order valence-corrected chi connectivity index (χ0v) is 11.7. The summed E-state index contributed by atoms with van der Waals surface area (Å²) in [5, 5.41) is 4.32. The molecule has 0 spiro atoms. The normalized spacial score (nSPS) is 10.2. The fourth-order valence-corrected chi connectivity index (χ4v) is 2.37. The molecule has 0 saturated heterocycles. The number of nitrogens with two attached hydrogens (primary N) is 1. The molecule has 5 nitrogen and oxygen atoms in total. The lowest BCUT2D eigenvalue weighted by Crippen LogP contribution is -2.34. The monoisotopic (exact) mass is 315 g/mol. The summed E-state index contributed by atoms with van der Waals surface area (Å²) in [7, 11) is 0. The lowest BCUT2D eigenvalue weighted by molar-refractivity contribution is 0.252. The van der Waals surface area contributed by atoms with Crippen LogP contribution in [0.25, 0.3) is 0 Å². The van der Waals surface area contributed by atoms with Crippen molar-refractivity contribution >= 4 is 34.7 Å². The largest absolute Gasteiger partial charge is 0.484 e. The second kappa shape index (κ2) is 6.56. The summed E-state index contributed by atoms with van der Waals surface area (Å²) in [5.74, 6) is 4.56. The Labute approximate surface area is 123 Å². The van der Waals surface area contributed by atoms with Crippen molar-refractivity contribution in [1.82, 2.24) is 5.43 Å². The van der Waals surface area contributed by atoms with Crippen LogP contribution in [0.2, 0.25) is 5.02 Å². The lowest BCUT2D eigenvalue weighted by atomic mass is 10.3. The van der Waals surface area contributed by atoms with Gasteiger partial charge in [0, 0.05) is 10.9 Å². The number of benzene rings is 1. The molecule has 2 amide bonds. The first-order valence-corrected chi connectivity index (χ1v) is 6.77. The van der Waals surface area contributed by atoms with Crippen LogP contribution in [0.3, 0.4) is 0 Å². The number of hydrazine groups is 1. The summed E-state index contributed by atoms with van der Waals surface area (Å²) < 4.78 is 18.9. The predicted octanol–water partition coefficient (Wildman–Crippen LogP) is 3.11. The van der Waals surface area contributed by atoms with Gasteiger partial charge >= 0.3 is 6.03 Å². The molecule has 1 heterocycles. The van der Waals surface area contributed by atoms with E-state index in [0.717, 1.165) is 17.0 Å². The molecule has 2 aromatic rings. The fraction of sp³-hybridized carbons (Fsp3) is 0.0833. The van der Waals surface area contributed by atoms with Crippen molar-refractivity contribution in [2.75, 3.05) is 5.32 Å². The molecule has 0 radical (unpaired) electrons. The van der Waals surface area contributed by atoms with E-state index in [9.17, 15) is 9.18 Å². The van der Waals surface area contributed by atoms with Gasteiger partial charge in [-0.25, -0.2) is 15.0 Å². The number of thiophene rings is 1. The maximum atomic E-state index is 13.3. The van der Waals surface area contributed by atoms with Gasteiger partial charge in [-0.05, 0) is 17.5 Å². The van der Waals surface area contributed by atoms with E-state index < -0.39 is 11.8 Å². The third-order valence-electron chi connectivity index (χ3n) is 2.33. The van der Waals surface area contributed by atoms with Crippen LogP contribution in [0.15, 0.2) is 29.6 Å². The molecule has 0 aliphatic carbocycles. The molecule has 20 heavy (non-hydrogen) atoms. The lowest BCUT2D eigenvalue weighted by Gasteiger charge is -2.13.